The van der Waals surface area contributed by atoms with Crippen LogP contribution in [-0.4, -0.2) is 55.1 Å². The molecule has 33 heavy (non-hydrogen) atoms. The molecule has 7 nitrogen and oxygen atoms in total. The summed E-state index contributed by atoms with van der Waals surface area (Å²) in [5.74, 6) is 0.826. The highest BCUT2D eigenvalue weighted by Gasteiger charge is 2.23. The summed E-state index contributed by atoms with van der Waals surface area (Å²) in [4.78, 5) is 27.5. The molecule has 1 heterocycles. The number of aromatic nitrogens is 1. The number of rotatable bonds is 10. The van der Waals surface area contributed by atoms with E-state index in [1.165, 1.54) is 0 Å². The molecule has 3 aromatic rings. The van der Waals surface area contributed by atoms with E-state index in [2.05, 4.69) is 5.32 Å². The fourth-order valence-electron chi connectivity index (χ4n) is 3.80. The van der Waals surface area contributed by atoms with E-state index in [1.54, 1.807) is 55.0 Å². The van der Waals surface area contributed by atoms with Crippen LogP contribution in [0.2, 0.25) is 0 Å². The number of amides is 2. The van der Waals surface area contributed by atoms with Gasteiger partial charge in [-0.3, -0.25) is 9.59 Å². The molecule has 0 saturated carbocycles. The van der Waals surface area contributed by atoms with Gasteiger partial charge in [0.05, 0.1) is 14.2 Å². The first-order chi connectivity index (χ1) is 15.9. The third-order valence-corrected chi connectivity index (χ3v) is 5.75. The summed E-state index contributed by atoms with van der Waals surface area (Å²) < 4.78 is 12.4. The van der Waals surface area contributed by atoms with E-state index in [0.29, 0.717) is 42.1 Å². The van der Waals surface area contributed by atoms with Gasteiger partial charge in [0.2, 0.25) is 0 Å². The van der Waals surface area contributed by atoms with E-state index >= 15 is 0 Å². The van der Waals surface area contributed by atoms with Crippen molar-refractivity contribution in [1.29, 1.82) is 0 Å². The molecule has 2 amide bonds. The number of nitrogens with one attached hydrogen (secondary N) is 1. The molecule has 0 spiro atoms. The summed E-state index contributed by atoms with van der Waals surface area (Å²) in [6.07, 6.45) is 3.12. The molecular weight excluding hydrogens is 418 g/mol. The SMILES string of the molecule is COc1ccc(C(=O)N(C)[C@H](CCNC(=O)c2cccn2C)Cc2ccccc2)cc1OC. The first kappa shape index (κ1) is 23.9. The Kier molecular flexibility index (Phi) is 8.13. The maximum Gasteiger partial charge on any atom is 0.267 e. The van der Waals surface area contributed by atoms with Crippen molar-refractivity contribution in [3.05, 3.63) is 83.7 Å². The first-order valence-corrected chi connectivity index (χ1v) is 10.9. The average molecular weight is 450 g/mol. The van der Waals surface area contributed by atoms with Gasteiger partial charge in [0.1, 0.15) is 5.69 Å². The minimum atomic E-state index is -0.130. The standard InChI is InChI=1S/C26H31N3O4/c1-28-16-8-11-22(28)25(30)27-15-14-21(17-19-9-6-5-7-10-19)29(2)26(31)20-12-13-23(32-3)24(18-20)33-4/h5-13,16,18,21H,14-15,17H2,1-4H3,(H,27,30)/t21-/m1/s1. The van der Waals surface area contributed by atoms with Crippen LogP contribution in [0, 0.1) is 0 Å². The maximum absolute atomic E-state index is 13.3. The largest absolute Gasteiger partial charge is 0.493 e. The number of nitrogens with zero attached hydrogens (tertiary/aromatic N) is 2. The number of hydrogen-bond acceptors (Lipinski definition) is 4. The molecule has 7 heteroatoms. The summed E-state index contributed by atoms with van der Waals surface area (Å²) in [6.45, 7) is 0.449. The van der Waals surface area contributed by atoms with Crippen LogP contribution in [0.25, 0.3) is 0 Å². The number of carbonyl (C=O) groups excluding carboxylic acids is 2. The lowest BCUT2D eigenvalue weighted by Crippen LogP contribution is -2.41. The van der Waals surface area contributed by atoms with Crippen LogP contribution in [0.5, 0.6) is 11.5 Å². The summed E-state index contributed by atoms with van der Waals surface area (Å²) in [5.41, 5.74) is 2.24. The lowest BCUT2D eigenvalue weighted by atomic mass is 10.0. The quantitative estimate of drug-likeness (QED) is 0.514. The van der Waals surface area contributed by atoms with Crippen LogP contribution >= 0.6 is 0 Å². The molecule has 1 aromatic heterocycles. The number of carbonyl (C=O) groups is 2. The zero-order chi connectivity index (χ0) is 23.8. The van der Waals surface area contributed by atoms with Crippen molar-refractivity contribution in [2.24, 2.45) is 7.05 Å². The van der Waals surface area contributed by atoms with Gasteiger partial charge in [-0.05, 0) is 48.7 Å². The summed E-state index contributed by atoms with van der Waals surface area (Å²) in [6, 6.07) is 18.7. The average Bonchev–Trinajstić information content (AvgIpc) is 3.28. The van der Waals surface area contributed by atoms with E-state index in [9.17, 15) is 9.59 Å². The Bertz CT molecular complexity index is 1080. The lowest BCUT2D eigenvalue weighted by molar-refractivity contribution is 0.0722. The van der Waals surface area contributed by atoms with Gasteiger partial charge in [0, 0.05) is 38.4 Å². The molecule has 2 aromatic carbocycles. The van der Waals surface area contributed by atoms with Crippen LogP contribution in [-0.2, 0) is 13.5 Å². The third-order valence-electron chi connectivity index (χ3n) is 5.75. The number of aryl methyl sites for hydroxylation is 1. The van der Waals surface area contributed by atoms with Crippen LogP contribution in [0.1, 0.15) is 32.8 Å². The Morgan fingerprint density at radius 3 is 2.36 bits per heavy atom. The van der Waals surface area contributed by atoms with Crippen molar-refractivity contribution in [3.8, 4) is 11.5 Å². The predicted molar refractivity (Wildman–Crippen MR) is 128 cm³/mol. The first-order valence-electron chi connectivity index (χ1n) is 10.9. The molecule has 0 saturated heterocycles. The molecule has 0 bridgehead atoms. The number of likely N-dealkylation sites (N-methyl/N-ethyl adjacent to an activating group) is 1. The number of benzene rings is 2. The highest BCUT2D eigenvalue weighted by atomic mass is 16.5. The van der Waals surface area contributed by atoms with Crippen LogP contribution in [0.3, 0.4) is 0 Å². The third kappa shape index (κ3) is 5.94. The number of ether oxygens (including phenoxy) is 2. The molecule has 1 atom stereocenters. The fraction of sp³-hybridized carbons (Fsp3) is 0.308. The second kappa shape index (κ2) is 11.2. The van der Waals surface area contributed by atoms with Gasteiger partial charge >= 0.3 is 0 Å². The van der Waals surface area contributed by atoms with Crippen molar-refractivity contribution in [1.82, 2.24) is 14.8 Å². The second-order valence-electron chi connectivity index (χ2n) is 7.88. The Labute approximate surface area is 194 Å². The number of hydrogen-bond donors (Lipinski definition) is 1. The highest BCUT2D eigenvalue weighted by Crippen LogP contribution is 2.28. The topological polar surface area (TPSA) is 72.8 Å². The molecule has 0 aliphatic carbocycles. The Hall–Kier alpha value is -3.74. The van der Waals surface area contributed by atoms with Gasteiger partial charge < -0.3 is 24.3 Å². The van der Waals surface area contributed by atoms with Gasteiger partial charge in [-0.2, -0.15) is 0 Å². The minimum absolute atomic E-state index is 0.110. The van der Waals surface area contributed by atoms with Crippen LogP contribution in [0.15, 0.2) is 66.9 Å². The molecule has 0 fully saturated rings. The lowest BCUT2D eigenvalue weighted by Gasteiger charge is -2.29. The zero-order valence-electron chi connectivity index (χ0n) is 19.6. The van der Waals surface area contributed by atoms with Crippen molar-refractivity contribution in [2.75, 3.05) is 27.8 Å². The molecule has 1 N–H and O–H groups in total. The predicted octanol–water partition coefficient (Wildman–Crippen LogP) is 3.55. The van der Waals surface area contributed by atoms with E-state index < -0.39 is 0 Å². The Balaban J connectivity index is 1.74. The van der Waals surface area contributed by atoms with Gasteiger partial charge in [-0.1, -0.05) is 30.3 Å². The molecule has 0 aliphatic rings. The second-order valence-corrected chi connectivity index (χ2v) is 7.88. The molecule has 0 radical (unpaired) electrons. The van der Waals surface area contributed by atoms with Gasteiger partial charge in [-0.25, -0.2) is 0 Å². The fourth-order valence-corrected chi connectivity index (χ4v) is 3.80. The van der Waals surface area contributed by atoms with E-state index in [0.717, 1.165) is 5.56 Å². The van der Waals surface area contributed by atoms with Crippen molar-refractivity contribution < 1.29 is 19.1 Å². The molecule has 0 unspecified atom stereocenters. The summed E-state index contributed by atoms with van der Waals surface area (Å²) in [7, 11) is 6.74. The highest BCUT2D eigenvalue weighted by molar-refractivity contribution is 5.95. The van der Waals surface area contributed by atoms with Gasteiger partial charge in [0.25, 0.3) is 11.8 Å². The van der Waals surface area contributed by atoms with Crippen molar-refractivity contribution >= 4 is 11.8 Å². The zero-order valence-corrected chi connectivity index (χ0v) is 19.6. The number of methoxy groups -OCH3 is 2. The van der Waals surface area contributed by atoms with Crippen LogP contribution in [0.4, 0.5) is 0 Å². The Morgan fingerprint density at radius 1 is 1.00 bits per heavy atom. The van der Waals surface area contributed by atoms with E-state index in [-0.39, 0.29) is 17.9 Å². The van der Waals surface area contributed by atoms with Gasteiger partial charge in [0.15, 0.2) is 11.5 Å². The summed E-state index contributed by atoms with van der Waals surface area (Å²) >= 11 is 0. The smallest absolute Gasteiger partial charge is 0.267 e. The molecular formula is C26H31N3O4. The monoisotopic (exact) mass is 449 g/mol. The van der Waals surface area contributed by atoms with E-state index in [4.69, 9.17) is 9.47 Å². The molecule has 3 rings (SSSR count). The van der Waals surface area contributed by atoms with Crippen LogP contribution < -0.4 is 14.8 Å². The Morgan fingerprint density at radius 2 is 1.73 bits per heavy atom. The normalized spacial score (nSPS) is 11.5. The molecule has 0 aliphatic heterocycles. The minimum Gasteiger partial charge on any atom is -0.493 e. The van der Waals surface area contributed by atoms with Gasteiger partial charge in [-0.15, -0.1) is 0 Å². The van der Waals surface area contributed by atoms with Crippen molar-refractivity contribution in [3.63, 3.8) is 0 Å². The van der Waals surface area contributed by atoms with Crippen molar-refractivity contribution in [2.45, 2.75) is 18.9 Å². The summed E-state index contributed by atoms with van der Waals surface area (Å²) in [5, 5.41) is 2.97. The maximum atomic E-state index is 13.3. The van der Waals surface area contributed by atoms with E-state index in [1.807, 2.05) is 49.6 Å². The molecule has 174 valence electrons.